The molecular formula is C21H21N3OS2. The number of rotatable bonds is 7. The summed E-state index contributed by atoms with van der Waals surface area (Å²) in [5.41, 5.74) is 5.31. The molecule has 0 radical (unpaired) electrons. The Morgan fingerprint density at radius 1 is 0.963 bits per heavy atom. The summed E-state index contributed by atoms with van der Waals surface area (Å²) in [6.07, 6.45) is 0. The van der Waals surface area contributed by atoms with Crippen LogP contribution in [0, 0.1) is 13.8 Å². The molecule has 0 aliphatic heterocycles. The molecule has 1 aromatic carbocycles. The second-order valence-corrected chi connectivity index (χ2v) is 8.38. The van der Waals surface area contributed by atoms with Crippen molar-refractivity contribution in [3.8, 4) is 10.8 Å². The van der Waals surface area contributed by atoms with E-state index in [-0.39, 0.29) is 0 Å². The van der Waals surface area contributed by atoms with Crippen molar-refractivity contribution >= 4 is 22.7 Å². The molecule has 0 spiro atoms. The van der Waals surface area contributed by atoms with Crippen molar-refractivity contribution in [3.05, 3.63) is 80.9 Å². The van der Waals surface area contributed by atoms with Gasteiger partial charge < -0.3 is 4.42 Å². The molecule has 0 aliphatic rings. The molecule has 0 aliphatic carbocycles. The summed E-state index contributed by atoms with van der Waals surface area (Å²) >= 11 is 3.36. The van der Waals surface area contributed by atoms with E-state index in [9.17, 15) is 0 Å². The highest BCUT2D eigenvalue weighted by Crippen LogP contribution is 2.27. The van der Waals surface area contributed by atoms with E-state index in [1.54, 1.807) is 22.7 Å². The Labute approximate surface area is 167 Å². The second kappa shape index (κ2) is 8.17. The molecule has 0 atom stereocenters. The van der Waals surface area contributed by atoms with Gasteiger partial charge in [-0.15, -0.1) is 22.7 Å². The molecule has 4 rings (SSSR count). The third-order valence-corrected chi connectivity index (χ3v) is 6.24. The van der Waals surface area contributed by atoms with Gasteiger partial charge in [0.2, 0.25) is 5.89 Å². The number of oxazole rings is 1. The summed E-state index contributed by atoms with van der Waals surface area (Å²) in [7, 11) is 0. The van der Waals surface area contributed by atoms with Gasteiger partial charge in [0, 0.05) is 24.5 Å². The minimum atomic E-state index is 0.714. The highest BCUT2D eigenvalue weighted by molar-refractivity contribution is 7.13. The van der Waals surface area contributed by atoms with Crippen LogP contribution in [0.5, 0.6) is 0 Å². The zero-order chi connectivity index (χ0) is 18.6. The SMILES string of the molecule is Cc1ncsc1CN(Cc1ccccc1)Cc1nc(-c2cccs2)oc1C. The normalized spacial score (nSPS) is 11.4. The third kappa shape index (κ3) is 4.35. The van der Waals surface area contributed by atoms with Crippen molar-refractivity contribution in [2.24, 2.45) is 0 Å². The van der Waals surface area contributed by atoms with Crippen LogP contribution < -0.4 is 0 Å². The number of hydrogen-bond acceptors (Lipinski definition) is 6. The largest absolute Gasteiger partial charge is 0.440 e. The lowest BCUT2D eigenvalue weighted by molar-refractivity contribution is 0.245. The first-order valence-electron chi connectivity index (χ1n) is 8.84. The van der Waals surface area contributed by atoms with Gasteiger partial charge in [-0.05, 0) is 30.9 Å². The smallest absolute Gasteiger partial charge is 0.236 e. The van der Waals surface area contributed by atoms with Crippen molar-refractivity contribution in [1.29, 1.82) is 0 Å². The summed E-state index contributed by atoms with van der Waals surface area (Å²) in [6, 6.07) is 14.6. The number of benzene rings is 1. The monoisotopic (exact) mass is 395 g/mol. The lowest BCUT2D eigenvalue weighted by Crippen LogP contribution is -2.23. The van der Waals surface area contributed by atoms with E-state index in [0.29, 0.717) is 5.89 Å². The van der Waals surface area contributed by atoms with Crippen LogP contribution in [-0.2, 0) is 19.6 Å². The number of hydrogen-bond donors (Lipinski definition) is 0. The van der Waals surface area contributed by atoms with Crippen LogP contribution in [0.2, 0.25) is 0 Å². The molecule has 0 N–H and O–H groups in total. The van der Waals surface area contributed by atoms with E-state index in [1.807, 2.05) is 29.9 Å². The number of thiazole rings is 1. The van der Waals surface area contributed by atoms with Gasteiger partial charge in [0.1, 0.15) is 5.76 Å². The van der Waals surface area contributed by atoms with Crippen molar-refractivity contribution in [1.82, 2.24) is 14.9 Å². The molecule has 138 valence electrons. The summed E-state index contributed by atoms with van der Waals surface area (Å²) in [5, 5.41) is 2.04. The molecule has 0 bridgehead atoms. The average Bonchev–Trinajstić information content (AvgIpc) is 3.40. The van der Waals surface area contributed by atoms with E-state index in [4.69, 9.17) is 9.40 Å². The zero-order valence-electron chi connectivity index (χ0n) is 15.4. The Kier molecular flexibility index (Phi) is 5.48. The molecule has 0 fully saturated rings. The van der Waals surface area contributed by atoms with Gasteiger partial charge in [0.15, 0.2) is 0 Å². The summed E-state index contributed by atoms with van der Waals surface area (Å²) in [4.78, 5) is 13.9. The zero-order valence-corrected chi connectivity index (χ0v) is 17.0. The molecular weight excluding hydrogens is 374 g/mol. The fourth-order valence-corrected chi connectivity index (χ4v) is 4.45. The van der Waals surface area contributed by atoms with Gasteiger partial charge in [-0.1, -0.05) is 36.4 Å². The predicted molar refractivity (Wildman–Crippen MR) is 111 cm³/mol. The van der Waals surface area contributed by atoms with Crippen molar-refractivity contribution in [3.63, 3.8) is 0 Å². The van der Waals surface area contributed by atoms with Crippen molar-refractivity contribution in [2.45, 2.75) is 33.5 Å². The first kappa shape index (κ1) is 18.1. The standard InChI is InChI=1S/C21H21N3OS2/c1-15-20(27-14-22-15)13-24(11-17-7-4-3-5-8-17)12-18-16(2)25-21(23-18)19-9-6-10-26-19/h3-10,14H,11-13H2,1-2H3. The Bertz CT molecular complexity index is 990. The minimum absolute atomic E-state index is 0.714. The molecule has 0 saturated carbocycles. The van der Waals surface area contributed by atoms with E-state index in [1.165, 1.54) is 10.4 Å². The average molecular weight is 396 g/mol. The number of thiophene rings is 1. The summed E-state index contributed by atoms with van der Waals surface area (Å²) in [5.74, 6) is 1.60. The number of nitrogens with zero attached hydrogens (tertiary/aromatic N) is 3. The van der Waals surface area contributed by atoms with E-state index in [2.05, 4.69) is 47.1 Å². The minimum Gasteiger partial charge on any atom is -0.440 e. The quantitative estimate of drug-likeness (QED) is 0.404. The molecule has 0 amide bonds. The lowest BCUT2D eigenvalue weighted by Gasteiger charge is -2.21. The van der Waals surface area contributed by atoms with E-state index < -0.39 is 0 Å². The Balaban J connectivity index is 1.58. The van der Waals surface area contributed by atoms with Crippen LogP contribution in [-0.4, -0.2) is 14.9 Å². The van der Waals surface area contributed by atoms with Gasteiger partial charge in [0.25, 0.3) is 0 Å². The van der Waals surface area contributed by atoms with Gasteiger partial charge >= 0.3 is 0 Å². The van der Waals surface area contributed by atoms with Crippen molar-refractivity contribution in [2.75, 3.05) is 0 Å². The molecule has 0 saturated heterocycles. The maximum Gasteiger partial charge on any atom is 0.236 e. The highest BCUT2D eigenvalue weighted by Gasteiger charge is 2.17. The van der Waals surface area contributed by atoms with E-state index in [0.717, 1.165) is 41.7 Å². The Hall–Kier alpha value is -2.28. The number of aromatic nitrogens is 2. The molecule has 27 heavy (non-hydrogen) atoms. The van der Waals surface area contributed by atoms with Gasteiger partial charge in [-0.2, -0.15) is 0 Å². The van der Waals surface area contributed by atoms with Crippen LogP contribution in [0.1, 0.15) is 27.6 Å². The molecule has 4 aromatic rings. The van der Waals surface area contributed by atoms with Crippen LogP contribution in [0.25, 0.3) is 10.8 Å². The highest BCUT2D eigenvalue weighted by atomic mass is 32.1. The molecule has 6 heteroatoms. The van der Waals surface area contributed by atoms with Crippen LogP contribution in [0.15, 0.2) is 57.8 Å². The lowest BCUT2D eigenvalue weighted by atomic mass is 10.2. The van der Waals surface area contributed by atoms with Gasteiger partial charge in [-0.25, -0.2) is 9.97 Å². The topological polar surface area (TPSA) is 42.2 Å². The summed E-state index contributed by atoms with van der Waals surface area (Å²) < 4.78 is 5.93. The van der Waals surface area contributed by atoms with Crippen LogP contribution >= 0.6 is 22.7 Å². The fraction of sp³-hybridized carbons (Fsp3) is 0.238. The van der Waals surface area contributed by atoms with Gasteiger partial charge in [-0.3, -0.25) is 4.90 Å². The maximum absolute atomic E-state index is 5.93. The molecule has 3 heterocycles. The Morgan fingerprint density at radius 3 is 2.52 bits per heavy atom. The van der Waals surface area contributed by atoms with E-state index >= 15 is 0 Å². The van der Waals surface area contributed by atoms with Gasteiger partial charge in [0.05, 0.1) is 21.8 Å². The Morgan fingerprint density at radius 2 is 1.81 bits per heavy atom. The first-order valence-corrected chi connectivity index (χ1v) is 10.6. The number of aryl methyl sites for hydroxylation is 2. The molecule has 0 unspecified atom stereocenters. The van der Waals surface area contributed by atoms with Crippen molar-refractivity contribution < 1.29 is 4.42 Å². The summed E-state index contributed by atoms with van der Waals surface area (Å²) in [6.45, 7) is 6.53. The fourth-order valence-electron chi connectivity index (χ4n) is 2.98. The van der Waals surface area contributed by atoms with Crippen LogP contribution in [0.4, 0.5) is 0 Å². The molecule has 4 nitrogen and oxygen atoms in total. The predicted octanol–water partition coefficient (Wildman–Crippen LogP) is 5.68. The maximum atomic E-state index is 5.93. The molecule has 3 aromatic heterocycles. The second-order valence-electron chi connectivity index (χ2n) is 6.49. The van der Waals surface area contributed by atoms with Crippen LogP contribution in [0.3, 0.4) is 0 Å². The third-order valence-electron chi connectivity index (χ3n) is 4.46. The first-order chi connectivity index (χ1) is 13.2.